The number of carbonyl (C=O) groups is 1. The Morgan fingerprint density at radius 1 is 1.03 bits per heavy atom. The number of hydrogen-bond acceptors (Lipinski definition) is 7. The molecular weight excluding hydrogens is 456 g/mol. The predicted molar refractivity (Wildman–Crippen MR) is 134 cm³/mol. The van der Waals surface area contributed by atoms with Crippen LogP contribution in [0.4, 0.5) is 0 Å². The number of aromatic nitrogens is 2. The average molecular weight is 477 g/mol. The van der Waals surface area contributed by atoms with Crippen LogP contribution in [0.5, 0.6) is 0 Å². The van der Waals surface area contributed by atoms with Crippen molar-refractivity contribution in [1.82, 2.24) is 20.2 Å². The van der Waals surface area contributed by atoms with Gasteiger partial charge in [0.1, 0.15) is 4.99 Å². The van der Waals surface area contributed by atoms with E-state index in [1.54, 1.807) is 0 Å². The van der Waals surface area contributed by atoms with E-state index in [9.17, 15) is 4.79 Å². The number of allylic oxidation sites excluding steroid dienone is 1. The topological polar surface area (TPSA) is 58.1 Å². The van der Waals surface area contributed by atoms with Crippen LogP contribution in [0.1, 0.15) is 35.6 Å². The smallest absolute Gasteiger partial charge is 0.212 e. The third-order valence-corrected chi connectivity index (χ3v) is 8.95. The monoisotopic (exact) mass is 476 g/mol. The molecule has 1 N–H and O–H groups in total. The number of rotatable bonds is 2. The second-order valence-corrected chi connectivity index (χ2v) is 10.7. The van der Waals surface area contributed by atoms with Gasteiger partial charge in [-0.15, -0.1) is 0 Å². The third-order valence-electron chi connectivity index (χ3n) is 6.17. The van der Waals surface area contributed by atoms with Crippen LogP contribution in [-0.2, 0) is 4.79 Å². The summed E-state index contributed by atoms with van der Waals surface area (Å²) in [5, 5.41) is 5.08. The lowest BCUT2D eigenvalue weighted by atomic mass is 9.79. The summed E-state index contributed by atoms with van der Waals surface area (Å²) in [7, 11) is 0. The Morgan fingerprint density at radius 3 is 2.56 bits per heavy atom. The van der Waals surface area contributed by atoms with Gasteiger partial charge < -0.3 is 10.2 Å². The van der Waals surface area contributed by atoms with Crippen LogP contribution in [0.3, 0.4) is 0 Å². The van der Waals surface area contributed by atoms with Gasteiger partial charge in [-0.2, -0.15) is 0 Å². The lowest BCUT2D eigenvalue weighted by Gasteiger charge is -2.42. The maximum absolute atomic E-state index is 12.2. The Morgan fingerprint density at radius 2 is 1.78 bits per heavy atom. The zero-order valence-electron chi connectivity index (χ0n) is 17.2. The number of hydrogen-bond donors (Lipinski definition) is 1. The molecule has 2 aromatic rings. The summed E-state index contributed by atoms with van der Waals surface area (Å²) in [6.45, 7) is 0.364. The summed E-state index contributed by atoms with van der Waals surface area (Å²) in [5.74, 6) is 0. The van der Waals surface area contributed by atoms with Gasteiger partial charge in [-0.05, 0) is 83.1 Å². The zero-order valence-corrected chi connectivity index (χ0v) is 19.6. The van der Waals surface area contributed by atoms with Crippen molar-refractivity contribution >= 4 is 51.9 Å². The molecule has 1 fully saturated rings. The highest BCUT2D eigenvalue weighted by Crippen LogP contribution is 2.55. The van der Waals surface area contributed by atoms with Crippen LogP contribution in [-0.4, -0.2) is 37.0 Å². The van der Waals surface area contributed by atoms with Crippen LogP contribution in [0.25, 0.3) is 6.08 Å². The standard InChI is InChI=1S/C24H20N4OS3/c29-18-13-28-23(30)20-19-16(12-14-4-8-25-9-5-14)2-1-3-17(19)21(15-6-10-26-11-7-15)32-22(20)27-24(28)31-18/h4-12,21,24,27H,1-3,13H2. The van der Waals surface area contributed by atoms with Gasteiger partial charge in [-0.1, -0.05) is 30.1 Å². The Kier molecular flexibility index (Phi) is 5.16. The van der Waals surface area contributed by atoms with Crippen molar-refractivity contribution in [2.24, 2.45) is 0 Å². The first kappa shape index (κ1) is 20.2. The summed E-state index contributed by atoms with van der Waals surface area (Å²) in [6, 6.07) is 8.29. The fourth-order valence-corrected chi connectivity index (χ4v) is 7.71. The summed E-state index contributed by atoms with van der Waals surface area (Å²) < 4.78 is 0. The van der Waals surface area contributed by atoms with Crippen LogP contribution in [0.2, 0.25) is 0 Å². The number of nitrogens with zero attached hydrogens (tertiary/aromatic N) is 3. The molecule has 0 aromatic carbocycles. The predicted octanol–water partition coefficient (Wildman–Crippen LogP) is 4.83. The molecular formula is C24H20N4OS3. The summed E-state index contributed by atoms with van der Waals surface area (Å²) in [5.41, 5.74) is 7.37. The van der Waals surface area contributed by atoms with Crippen molar-refractivity contribution in [3.63, 3.8) is 0 Å². The molecule has 5 heterocycles. The molecule has 0 saturated carbocycles. The Bertz CT molecular complexity index is 1210. The maximum Gasteiger partial charge on any atom is 0.212 e. The third kappa shape index (κ3) is 3.41. The van der Waals surface area contributed by atoms with E-state index in [2.05, 4.69) is 33.5 Å². The molecule has 0 bridgehead atoms. The second-order valence-electron chi connectivity index (χ2n) is 8.11. The molecule has 5 nitrogen and oxygen atoms in total. The molecule has 1 saturated heterocycles. The van der Waals surface area contributed by atoms with Gasteiger partial charge in [0, 0.05) is 30.4 Å². The van der Waals surface area contributed by atoms with Crippen LogP contribution < -0.4 is 5.32 Å². The number of carbonyl (C=O) groups excluding carboxylic acids is 1. The maximum atomic E-state index is 12.2. The van der Waals surface area contributed by atoms with Crippen molar-refractivity contribution in [3.8, 4) is 0 Å². The second kappa shape index (κ2) is 8.17. The van der Waals surface area contributed by atoms with E-state index >= 15 is 0 Å². The number of pyridine rings is 2. The molecule has 3 aliphatic heterocycles. The van der Waals surface area contributed by atoms with E-state index in [1.807, 2.05) is 53.6 Å². The summed E-state index contributed by atoms with van der Waals surface area (Å²) in [6.07, 6.45) is 12.8. The number of thiocarbonyl (C=S) groups is 1. The number of nitrogens with one attached hydrogen (secondary N) is 1. The molecule has 1 aliphatic carbocycles. The molecule has 2 aromatic heterocycles. The fraction of sp³-hybridized carbons (Fsp3) is 0.250. The van der Waals surface area contributed by atoms with Gasteiger partial charge in [0.15, 0.2) is 5.50 Å². The van der Waals surface area contributed by atoms with Crippen molar-refractivity contribution in [3.05, 3.63) is 87.5 Å². The van der Waals surface area contributed by atoms with Crippen molar-refractivity contribution in [1.29, 1.82) is 0 Å². The Labute approximate surface area is 200 Å². The normalized spacial score (nSPS) is 26.1. The quantitative estimate of drug-likeness (QED) is 0.619. The SMILES string of the molecule is O=C1CN2C(=S)C3=C(NC2S1)SC(c1ccncc1)C1=C3C(=Cc2ccncc2)CCC1. The van der Waals surface area contributed by atoms with Crippen LogP contribution in [0.15, 0.2) is 76.4 Å². The van der Waals surface area contributed by atoms with Crippen molar-refractivity contribution in [2.75, 3.05) is 6.54 Å². The molecule has 0 amide bonds. The van der Waals surface area contributed by atoms with Crippen molar-refractivity contribution < 1.29 is 4.79 Å². The minimum absolute atomic E-state index is 0.113. The van der Waals surface area contributed by atoms with Gasteiger partial charge in [0.25, 0.3) is 0 Å². The first-order valence-corrected chi connectivity index (χ1v) is 12.8. The average Bonchev–Trinajstić information content (AvgIpc) is 3.20. The fourth-order valence-electron chi connectivity index (χ4n) is 4.78. The van der Waals surface area contributed by atoms with Gasteiger partial charge in [0.2, 0.25) is 5.12 Å². The molecule has 160 valence electrons. The van der Waals surface area contributed by atoms with Crippen molar-refractivity contribution in [2.45, 2.75) is 30.0 Å². The first-order valence-electron chi connectivity index (χ1n) is 10.6. The van der Waals surface area contributed by atoms with E-state index in [-0.39, 0.29) is 15.9 Å². The van der Waals surface area contributed by atoms with E-state index in [4.69, 9.17) is 12.2 Å². The molecule has 0 spiro atoms. The lowest BCUT2D eigenvalue weighted by molar-refractivity contribution is -0.110. The molecule has 4 aliphatic rings. The molecule has 8 heteroatoms. The first-order chi connectivity index (χ1) is 15.7. The Balaban J connectivity index is 1.53. The highest BCUT2D eigenvalue weighted by Gasteiger charge is 2.44. The van der Waals surface area contributed by atoms with Crippen LogP contribution in [0, 0.1) is 0 Å². The highest BCUT2D eigenvalue weighted by atomic mass is 32.2. The van der Waals surface area contributed by atoms with E-state index in [0.717, 1.165) is 40.4 Å². The largest absolute Gasteiger partial charge is 0.350 e. The van der Waals surface area contributed by atoms with Crippen LogP contribution >= 0.6 is 35.7 Å². The molecule has 2 unspecified atom stereocenters. The van der Waals surface area contributed by atoms with Gasteiger partial charge in [-0.3, -0.25) is 14.8 Å². The van der Waals surface area contributed by atoms with Gasteiger partial charge in [0.05, 0.1) is 16.8 Å². The molecule has 6 rings (SSSR count). The lowest BCUT2D eigenvalue weighted by Crippen LogP contribution is -2.49. The summed E-state index contributed by atoms with van der Waals surface area (Å²) in [4.78, 5) is 23.4. The number of thioether (sulfide) groups is 2. The highest BCUT2D eigenvalue weighted by molar-refractivity contribution is 8.14. The van der Waals surface area contributed by atoms with E-state index in [0.29, 0.717) is 6.54 Å². The van der Waals surface area contributed by atoms with E-state index in [1.165, 1.54) is 34.0 Å². The number of fused-ring (bicyclic) bond motifs is 2. The minimum atomic E-state index is -0.113. The zero-order chi connectivity index (χ0) is 21.7. The Hall–Kier alpha value is -2.42. The van der Waals surface area contributed by atoms with E-state index < -0.39 is 0 Å². The molecule has 0 radical (unpaired) electrons. The van der Waals surface area contributed by atoms with Gasteiger partial charge >= 0.3 is 0 Å². The molecule has 32 heavy (non-hydrogen) atoms. The molecule has 2 atom stereocenters. The summed E-state index contributed by atoms with van der Waals surface area (Å²) >= 11 is 9.16. The van der Waals surface area contributed by atoms with Gasteiger partial charge in [-0.25, -0.2) is 0 Å². The minimum Gasteiger partial charge on any atom is -0.350 e.